The minimum atomic E-state index is -4.92. The smallest absolute Gasteiger partial charge is 0.420 e. The van der Waals surface area contributed by atoms with Gasteiger partial charge in [-0.25, -0.2) is 13.6 Å². The number of fused-ring (bicyclic) bond motifs is 1. The number of hydrogen-bond acceptors (Lipinski definition) is 3. The summed E-state index contributed by atoms with van der Waals surface area (Å²) in [5.74, 6) is -2.96. The first-order chi connectivity index (χ1) is 14.5. The molecule has 3 amide bonds. The van der Waals surface area contributed by atoms with Crippen molar-refractivity contribution in [3.05, 3.63) is 52.3 Å². The molecule has 1 aliphatic rings. The Hall–Kier alpha value is -3.08. The standard InChI is InChI=1S/C19H15ClF5N3O3/c20-12-4-2-10(22)8-14(12)31-16-11(19(23,24)25)3-1-9-7-13(27-18(26)30)17(29)28(6-5-21)15(9)16/h1-4,8,13H,5-7H2,(H3,26,27,30)/t13-/m1/s1. The fraction of sp³-hybridized carbons (Fsp3) is 0.263. The number of hydrogen-bond donors (Lipinski definition) is 2. The van der Waals surface area contributed by atoms with E-state index in [1.807, 2.05) is 0 Å². The van der Waals surface area contributed by atoms with E-state index in [1.165, 1.54) is 0 Å². The summed E-state index contributed by atoms with van der Waals surface area (Å²) in [6.45, 7) is -1.71. The third kappa shape index (κ3) is 4.66. The van der Waals surface area contributed by atoms with Crippen molar-refractivity contribution in [1.82, 2.24) is 5.32 Å². The second kappa shape index (κ2) is 8.58. The molecular weight excluding hydrogens is 449 g/mol. The lowest BCUT2D eigenvalue weighted by Gasteiger charge is -2.35. The lowest BCUT2D eigenvalue weighted by atomic mass is 9.94. The van der Waals surface area contributed by atoms with Crippen LogP contribution in [0.3, 0.4) is 0 Å². The topological polar surface area (TPSA) is 84.7 Å². The number of nitrogens with zero attached hydrogens (tertiary/aromatic N) is 1. The summed E-state index contributed by atoms with van der Waals surface area (Å²) in [6.07, 6.45) is -5.14. The van der Waals surface area contributed by atoms with Gasteiger partial charge in [-0.3, -0.25) is 4.79 Å². The predicted octanol–water partition coefficient (Wildman–Crippen LogP) is 4.19. The van der Waals surface area contributed by atoms with E-state index in [1.54, 1.807) is 0 Å². The molecule has 0 saturated carbocycles. The van der Waals surface area contributed by atoms with Gasteiger partial charge in [-0.15, -0.1) is 0 Å². The Labute approximate surface area is 177 Å². The summed E-state index contributed by atoms with van der Waals surface area (Å²) in [6, 6.07) is 2.42. The maximum Gasteiger partial charge on any atom is 0.420 e. The average molecular weight is 464 g/mol. The van der Waals surface area contributed by atoms with Crippen LogP contribution < -0.4 is 20.7 Å². The molecule has 0 fully saturated rings. The van der Waals surface area contributed by atoms with E-state index in [9.17, 15) is 31.5 Å². The number of carbonyl (C=O) groups excluding carboxylic acids is 2. The number of ether oxygens (including phenoxy) is 1. The van der Waals surface area contributed by atoms with Crippen LogP contribution in [0.5, 0.6) is 11.5 Å². The first-order valence-electron chi connectivity index (χ1n) is 8.82. The summed E-state index contributed by atoms with van der Waals surface area (Å²) in [5.41, 5.74) is 3.58. The van der Waals surface area contributed by atoms with Gasteiger partial charge in [-0.1, -0.05) is 17.7 Å². The number of halogens is 6. The molecule has 0 spiro atoms. The molecule has 2 aromatic carbocycles. The number of nitrogens with one attached hydrogen (secondary N) is 1. The molecule has 12 heteroatoms. The highest BCUT2D eigenvalue weighted by Gasteiger charge is 2.42. The van der Waals surface area contributed by atoms with Crippen molar-refractivity contribution in [2.24, 2.45) is 5.73 Å². The largest absolute Gasteiger partial charge is 0.453 e. The van der Waals surface area contributed by atoms with Crippen LogP contribution in [-0.2, 0) is 17.4 Å². The van der Waals surface area contributed by atoms with E-state index >= 15 is 0 Å². The highest BCUT2D eigenvalue weighted by Crippen LogP contribution is 2.48. The first-order valence-corrected chi connectivity index (χ1v) is 9.20. The molecule has 3 rings (SSSR count). The number of benzene rings is 2. The number of anilines is 1. The number of rotatable bonds is 5. The molecule has 0 bridgehead atoms. The van der Waals surface area contributed by atoms with Crippen molar-refractivity contribution < 1.29 is 36.3 Å². The fourth-order valence-corrected chi connectivity index (χ4v) is 3.42. The summed E-state index contributed by atoms with van der Waals surface area (Å²) < 4.78 is 73.4. The Balaban J connectivity index is 2.22. The molecule has 1 aliphatic heterocycles. The van der Waals surface area contributed by atoms with Gasteiger partial charge in [0, 0.05) is 12.5 Å². The maximum absolute atomic E-state index is 13.7. The quantitative estimate of drug-likeness (QED) is 0.652. The predicted molar refractivity (Wildman–Crippen MR) is 101 cm³/mol. The summed E-state index contributed by atoms with van der Waals surface area (Å²) in [7, 11) is 0. The van der Waals surface area contributed by atoms with E-state index in [0.29, 0.717) is 6.07 Å². The van der Waals surface area contributed by atoms with Crippen molar-refractivity contribution in [2.75, 3.05) is 18.1 Å². The van der Waals surface area contributed by atoms with Crippen LogP contribution in [0.1, 0.15) is 11.1 Å². The molecular formula is C19H15ClF5N3O3. The molecule has 6 nitrogen and oxygen atoms in total. The Morgan fingerprint density at radius 1 is 1.29 bits per heavy atom. The van der Waals surface area contributed by atoms with Crippen molar-refractivity contribution in [3.63, 3.8) is 0 Å². The van der Waals surface area contributed by atoms with E-state index in [4.69, 9.17) is 22.1 Å². The molecule has 3 N–H and O–H groups in total. The fourth-order valence-electron chi connectivity index (χ4n) is 3.26. The highest BCUT2D eigenvalue weighted by atomic mass is 35.5. The molecule has 0 aliphatic carbocycles. The number of nitrogens with two attached hydrogens (primary N) is 1. The Kier molecular flexibility index (Phi) is 6.25. The van der Waals surface area contributed by atoms with Crippen LogP contribution in [0.25, 0.3) is 0 Å². The summed E-state index contributed by atoms with van der Waals surface area (Å²) >= 11 is 5.93. The lowest BCUT2D eigenvalue weighted by molar-refractivity contribution is -0.138. The van der Waals surface area contributed by atoms with E-state index in [-0.39, 0.29) is 22.7 Å². The van der Waals surface area contributed by atoms with Gasteiger partial charge in [0.2, 0.25) is 5.91 Å². The van der Waals surface area contributed by atoms with Crippen LogP contribution in [0.4, 0.5) is 32.4 Å². The van der Waals surface area contributed by atoms with Crippen LogP contribution in [0, 0.1) is 5.82 Å². The monoisotopic (exact) mass is 463 g/mol. The Bertz CT molecular complexity index is 1030. The molecule has 166 valence electrons. The van der Waals surface area contributed by atoms with Gasteiger partial charge in [0.05, 0.1) is 17.3 Å². The van der Waals surface area contributed by atoms with Gasteiger partial charge in [0.15, 0.2) is 5.75 Å². The van der Waals surface area contributed by atoms with Crippen LogP contribution in [-0.4, -0.2) is 31.2 Å². The molecule has 0 saturated heterocycles. The van der Waals surface area contributed by atoms with Gasteiger partial charge in [0.25, 0.3) is 0 Å². The minimum Gasteiger partial charge on any atom is -0.453 e. The van der Waals surface area contributed by atoms with Gasteiger partial charge in [-0.2, -0.15) is 13.2 Å². The second-order valence-corrected chi connectivity index (χ2v) is 6.98. The summed E-state index contributed by atoms with van der Waals surface area (Å²) in [5, 5.41) is 2.00. The van der Waals surface area contributed by atoms with Gasteiger partial charge < -0.3 is 20.7 Å². The zero-order valence-corrected chi connectivity index (χ0v) is 16.4. The van der Waals surface area contributed by atoms with Crippen molar-refractivity contribution in [3.8, 4) is 11.5 Å². The first kappa shape index (κ1) is 22.6. The van der Waals surface area contributed by atoms with Crippen LogP contribution in [0.2, 0.25) is 5.02 Å². The number of carbonyl (C=O) groups is 2. The maximum atomic E-state index is 13.7. The van der Waals surface area contributed by atoms with Crippen molar-refractivity contribution in [2.45, 2.75) is 18.6 Å². The molecule has 1 atom stereocenters. The number of alkyl halides is 4. The zero-order chi connectivity index (χ0) is 22.9. The zero-order valence-electron chi connectivity index (χ0n) is 15.6. The normalized spacial score (nSPS) is 16.1. The number of urea groups is 1. The average Bonchev–Trinajstić information content (AvgIpc) is 2.66. The van der Waals surface area contributed by atoms with Crippen LogP contribution >= 0.6 is 11.6 Å². The minimum absolute atomic E-state index is 0.155. The second-order valence-electron chi connectivity index (χ2n) is 6.57. The molecule has 0 radical (unpaired) electrons. The number of primary amides is 1. The van der Waals surface area contributed by atoms with Crippen molar-refractivity contribution in [1.29, 1.82) is 0 Å². The van der Waals surface area contributed by atoms with E-state index in [0.717, 1.165) is 29.2 Å². The van der Waals surface area contributed by atoms with Crippen LogP contribution in [0.15, 0.2) is 30.3 Å². The third-order valence-electron chi connectivity index (χ3n) is 4.51. The van der Waals surface area contributed by atoms with Gasteiger partial charge in [0.1, 0.15) is 29.8 Å². The van der Waals surface area contributed by atoms with Gasteiger partial charge in [-0.05, 0) is 23.8 Å². The Morgan fingerprint density at radius 2 is 2.00 bits per heavy atom. The molecule has 1 heterocycles. The molecule has 31 heavy (non-hydrogen) atoms. The van der Waals surface area contributed by atoms with E-state index in [2.05, 4.69) is 5.32 Å². The van der Waals surface area contributed by atoms with E-state index < -0.39 is 60.3 Å². The third-order valence-corrected chi connectivity index (χ3v) is 4.82. The molecule has 0 unspecified atom stereocenters. The Morgan fingerprint density at radius 3 is 2.61 bits per heavy atom. The lowest BCUT2D eigenvalue weighted by Crippen LogP contribution is -2.54. The molecule has 0 aromatic heterocycles. The number of amides is 3. The molecule has 2 aromatic rings. The highest BCUT2D eigenvalue weighted by molar-refractivity contribution is 6.32. The SMILES string of the molecule is NC(=O)N[C@@H]1Cc2ccc(C(F)(F)F)c(Oc3cc(F)ccc3Cl)c2N(CCF)C1=O. The summed E-state index contributed by atoms with van der Waals surface area (Å²) in [4.78, 5) is 24.7. The van der Waals surface area contributed by atoms with Gasteiger partial charge >= 0.3 is 12.2 Å². The van der Waals surface area contributed by atoms with Crippen molar-refractivity contribution >= 4 is 29.2 Å².